The fourth-order valence-corrected chi connectivity index (χ4v) is 2.95. The van der Waals surface area contributed by atoms with Gasteiger partial charge in [0, 0.05) is 0 Å². The summed E-state index contributed by atoms with van der Waals surface area (Å²) < 4.78 is 0. The molecule has 1 aliphatic rings. The molecule has 0 spiro atoms. The highest BCUT2D eigenvalue weighted by molar-refractivity contribution is 4.88. The number of hydrogen-bond acceptors (Lipinski definition) is 0. The van der Waals surface area contributed by atoms with E-state index < -0.39 is 0 Å². The van der Waals surface area contributed by atoms with Crippen LogP contribution in [0.4, 0.5) is 0 Å². The lowest BCUT2D eigenvalue weighted by molar-refractivity contribution is 0.0417. The molecule has 1 saturated carbocycles. The van der Waals surface area contributed by atoms with Gasteiger partial charge < -0.3 is 0 Å². The zero-order valence-corrected chi connectivity index (χ0v) is 10.2. The lowest BCUT2D eigenvalue weighted by atomic mass is 9.60. The molecule has 0 nitrogen and oxygen atoms in total. The lowest BCUT2D eigenvalue weighted by Crippen LogP contribution is -2.37. The van der Waals surface area contributed by atoms with Gasteiger partial charge >= 0.3 is 0 Å². The van der Waals surface area contributed by atoms with Crippen molar-refractivity contribution in [1.29, 1.82) is 0 Å². The maximum Gasteiger partial charge on any atom is -0.0326 e. The molecule has 0 amide bonds. The highest BCUT2D eigenvalue weighted by atomic mass is 14.4. The standard InChI is InChI=1S/C13H26/c1-9(2)12-8-13(5,6)11(4)7-10(12)3/h9-12H,7-8H2,1-6H3. The summed E-state index contributed by atoms with van der Waals surface area (Å²) in [6.07, 6.45) is 2.85. The molecule has 1 fully saturated rings. The van der Waals surface area contributed by atoms with Crippen LogP contribution in [-0.2, 0) is 0 Å². The van der Waals surface area contributed by atoms with Crippen LogP contribution in [-0.4, -0.2) is 0 Å². The molecule has 3 unspecified atom stereocenters. The van der Waals surface area contributed by atoms with Gasteiger partial charge in [0.05, 0.1) is 0 Å². The molecule has 0 heteroatoms. The zero-order valence-electron chi connectivity index (χ0n) is 10.2. The molecule has 0 aromatic carbocycles. The Hall–Kier alpha value is 0. The van der Waals surface area contributed by atoms with Crippen LogP contribution in [0.25, 0.3) is 0 Å². The molecule has 13 heavy (non-hydrogen) atoms. The Labute approximate surface area is 84.1 Å². The lowest BCUT2D eigenvalue weighted by Gasteiger charge is -2.46. The second-order valence-corrected chi connectivity index (χ2v) is 6.21. The van der Waals surface area contributed by atoms with E-state index in [-0.39, 0.29) is 0 Å². The van der Waals surface area contributed by atoms with Gasteiger partial charge in [0.1, 0.15) is 0 Å². The predicted molar refractivity (Wildman–Crippen MR) is 59.7 cm³/mol. The third kappa shape index (κ3) is 2.27. The summed E-state index contributed by atoms with van der Waals surface area (Å²) in [5.74, 6) is 3.65. The quantitative estimate of drug-likeness (QED) is 0.565. The first kappa shape index (κ1) is 11.1. The van der Waals surface area contributed by atoms with E-state index in [9.17, 15) is 0 Å². The Morgan fingerprint density at radius 2 is 1.69 bits per heavy atom. The maximum atomic E-state index is 2.44. The first-order valence-corrected chi connectivity index (χ1v) is 5.84. The summed E-state index contributed by atoms with van der Waals surface area (Å²) >= 11 is 0. The minimum Gasteiger partial charge on any atom is -0.0625 e. The van der Waals surface area contributed by atoms with Gasteiger partial charge in [0.25, 0.3) is 0 Å². The second-order valence-electron chi connectivity index (χ2n) is 6.21. The van der Waals surface area contributed by atoms with E-state index in [1.165, 1.54) is 12.8 Å². The van der Waals surface area contributed by atoms with Crippen LogP contribution in [0.3, 0.4) is 0 Å². The highest BCUT2D eigenvalue weighted by Gasteiger charge is 2.38. The normalized spacial score (nSPS) is 39.5. The first-order valence-electron chi connectivity index (χ1n) is 5.84. The minimum atomic E-state index is 0.571. The summed E-state index contributed by atoms with van der Waals surface area (Å²) in [6.45, 7) is 14.5. The smallest absolute Gasteiger partial charge is 0.0326 e. The van der Waals surface area contributed by atoms with Crippen molar-refractivity contribution in [3.63, 3.8) is 0 Å². The fraction of sp³-hybridized carbons (Fsp3) is 1.00. The van der Waals surface area contributed by atoms with E-state index in [2.05, 4.69) is 41.5 Å². The summed E-state index contributed by atoms with van der Waals surface area (Å²) in [6, 6.07) is 0. The van der Waals surface area contributed by atoms with Crippen molar-refractivity contribution in [2.45, 2.75) is 54.4 Å². The van der Waals surface area contributed by atoms with E-state index >= 15 is 0 Å². The van der Waals surface area contributed by atoms with Crippen LogP contribution >= 0.6 is 0 Å². The van der Waals surface area contributed by atoms with E-state index in [0.29, 0.717) is 5.41 Å². The average molecular weight is 182 g/mol. The van der Waals surface area contributed by atoms with Crippen molar-refractivity contribution < 1.29 is 0 Å². The van der Waals surface area contributed by atoms with Crippen LogP contribution in [0, 0.1) is 29.1 Å². The molecule has 78 valence electrons. The Kier molecular flexibility index (Phi) is 3.09. The van der Waals surface area contributed by atoms with Crippen molar-refractivity contribution >= 4 is 0 Å². The fourth-order valence-electron chi connectivity index (χ4n) is 2.95. The van der Waals surface area contributed by atoms with Crippen LogP contribution in [0.2, 0.25) is 0 Å². The van der Waals surface area contributed by atoms with Crippen molar-refractivity contribution in [2.24, 2.45) is 29.1 Å². The Bertz CT molecular complexity index is 167. The topological polar surface area (TPSA) is 0 Å². The molecule has 0 bridgehead atoms. The molecule has 0 aromatic rings. The molecule has 0 radical (unpaired) electrons. The van der Waals surface area contributed by atoms with Crippen LogP contribution in [0.15, 0.2) is 0 Å². The molecule has 0 aliphatic heterocycles. The summed E-state index contributed by atoms with van der Waals surface area (Å²) in [7, 11) is 0. The molecular weight excluding hydrogens is 156 g/mol. The molecule has 3 atom stereocenters. The first-order chi connectivity index (χ1) is 5.84. The number of hydrogen-bond donors (Lipinski definition) is 0. The van der Waals surface area contributed by atoms with E-state index in [1.54, 1.807) is 0 Å². The van der Waals surface area contributed by atoms with Crippen molar-refractivity contribution in [3.05, 3.63) is 0 Å². The predicted octanol–water partition coefficient (Wildman–Crippen LogP) is 4.35. The SMILES string of the molecule is CC(C)C1CC(C)(C)C(C)CC1C. The molecular formula is C13H26. The third-order valence-corrected chi connectivity index (χ3v) is 4.41. The Balaban J connectivity index is 2.70. The second kappa shape index (κ2) is 3.63. The zero-order chi connectivity index (χ0) is 10.2. The Morgan fingerprint density at radius 3 is 2.15 bits per heavy atom. The molecule has 1 aliphatic carbocycles. The largest absolute Gasteiger partial charge is 0.0625 e. The van der Waals surface area contributed by atoms with Gasteiger partial charge in [-0.15, -0.1) is 0 Å². The van der Waals surface area contributed by atoms with Crippen LogP contribution < -0.4 is 0 Å². The maximum absolute atomic E-state index is 2.44. The van der Waals surface area contributed by atoms with Crippen molar-refractivity contribution in [3.8, 4) is 0 Å². The van der Waals surface area contributed by atoms with Gasteiger partial charge in [-0.1, -0.05) is 41.5 Å². The molecule has 0 heterocycles. The highest BCUT2D eigenvalue weighted by Crippen LogP contribution is 2.47. The van der Waals surface area contributed by atoms with E-state index in [0.717, 1.165) is 23.7 Å². The average Bonchev–Trinajstić information content (AvgIpc) is 1.97. The van der Waals surface area contributed by atoms with Gasteiger partial charge in [0.2, 0.25) is 0 Å². The van der Waals surface area contributed by atoms with Gasteiger partial charge in [-0.25, -0.2) is 0 Å². The van der Waals surface area contributed by atoms with Gasteiger partial charge in [-0.2, -0.15) is 0 Å². The van der Waals surface area contributed by atoms with Gasteiger partial charge in [-0.3, -0.25) is 0 Å². The van der Waals surface area contributed by atoms with Gasteiger partial charge in [0.15, 0.2) is 0 Å². The molecule has 0 aromatic heterocycles. The summed E-state index contributed by atoms with van der Waals surface area (Å²) in [4.78, 5) is 0. The Morgan fingerprint density at radius 1 is 1.15 bits per heavy atom. The molecule has 0 N–H and O–H groups in total. The van der Waals surface area contributed by atoms with E-state index in [4.69, 9.17) is 0 Å². The van der Waals surface area contributed by atoms with E-state index in [1.807, 2.05) is 0 Å². The van der Waals surface area contributed by atoms with Crippen LogP contribution in [0.1, 0.15) is 54.4 Å². The number of rotatable bonds is 1. The van der Waals surface area contributed by atoms with Crippen LogP contribution in [0.5, 0.6) is 0 Å². The third-order valence-electron chi connectivity index (χ3n) is 4.41. The minimum absolute atomic E-state index is 0.571. The molecule has 1 rings (SSSR count). The molecule has 0 saturated heterocycles. The monoisotopic (exact) mass is 182 g/mol. The summed E-state index contributed by atoms with van der Waals surface area (Å²) in [5, 5.41) is 0. The summed E-state index contributed by atoms with van der Waals surface area (Å²) in [5.41, 5.74) is 0.571. The van der Waals surface area contributed by atoms with Gasteiger partial charge in [-0.05, 0) is 41.9 Å². The van der Waals surface area contributed by atoms with Crippen molar-refractivity contribution in [2.75, 3.05) is 0 Å². The van der Waals surface area contributed by atoms with Crippen molar-refractivity contribution in [1.82, 2.24) is 0 Å².